The van der Waals surface area contributed by atoms with Crippen molar-refractivity contribution >= 4 is 123 Å². The van der Waals surface area contributed by atoms with Gasteiger partial charge < -0.3 is 51.8 Å². The molecule has 6 aliphatic heterocycles. The first-order chi connectivity index (χ1) is 69.8. The number of pyridine rings is 7. The molecule has 0 radical (unpaired) electrons. The number of nitrogens with zero attached hydrogens (tertiary/aromatic N) is 15. The van der Waals surface area contributed by atoms with Crippen molar-refractivity contribution in [3.05, 3.63) is 283 Å². The van der Waals surface area contributed by atoms with Gasteiger partial charge in [-0.3, -0.25) is 69.5 Å². The molecule has 696 valence electrons. The van der Waals surface area contributed by atoms with Gasteiger partial charge in [-0.1, -0.05) is 78.9 Å². The van der Waals surface area contributed by atoms with Crippen molar-refractivity contribution in [1.82, 2.24) is 137 Å². The molecule has 0 unspecified atom stereocenters. The summed E-state index contributed by atoms with van der Waals surface area (Å²) in [7, 11) is 0. The molecule has 14 N–H and O–H groups in total. The Balaban J connectivity index is 0.0000000995. The zero-order valence-electron chi connectivity index (χ0n) is 76.6. The summed E-state index contributed by atoms with van der Waals surface area (Å²) >= 11 is 0. The van der Waals surface area contributed by atoms with E-state index < -0.39 is 0 Å². The zero-order chi connectivity index (χ0) is 94.8. The number of aromatic nitrogens is 23. The summed E-state index contributed by atoms with van der Waals surface area (Å²) in [6.45, 7) is 1.50. The minimum Gasteiger partial charge on any atom is -0.349 e. The molecule has 142 heavy (non-hydrogen) atoms. The maximum absolute atomic E-state index is 13.2. The summed E-state index contributed by atoms with van der Waals surface area (Å²) in [4.78, 5) is 117. The van der Waals surface area contributed by atoms with Crippen LogP contribution in [0.2, 0.25) is 0 Å². The van der Waals surface area contributed by atoms with E-state index in [9.17, 15) is 19.2 Å². The number of fused-ring (bicyclic) bond motifs is 26. The molecular weight excluding hydrogens is 1780 g/mol. The first-order valence-corrected chi connectivity index (χ1v) is 48.0. The molecule has 0 atom stereocenters. The van der Waals surface area contributed by atoms with E-state index in [2.05, 4.69) is 189 Å². The normalized spacial score (nSPS) is 16.8. The Morgan fingerprint density at radius 1 is 0.275 bits per heavy atom. The number of aromatic amines is 8. The quantitative estimate of drug-likeness (QED) is 0.0670. The van der Waals surface area contributed by atoms with Crippen LogP contribution in [0.15, 0.2) is 250 Å². The molecule has 7 aromatic carbocycles. The summed E-state index contributed by atoms with van der Waals surface area (Å²) < 4.78 is 0. The topological polar surface area (TPSA) is 460 Å². The van der Waals surface area contributed by atoms with Crippen molar-refractivity contribution in [2.45, 2.75) is 127 Å². The average molecular weight is 1870 g/mol. The van der Waals surface area contributed by atoms with Gasteiger partial charge in [0.1, 0.15) is 39.1 Å². The van der Waals surface area contributed by atoms with Crippen LogP contribution in [0.5, 0.6) is 0 Å². The molecule has 33 heteroatoms. The number of anilines is 2. The van der Waals surface area contributed by atoms with Crippen molar-refractivity contribution in [3.63, 3.8) is 0 Å². The van der Waals surface area contributed by atoms with Crippen LogP contribution in [-0.2, 0) is 35.5 Å². The lowest BCUT2D eigenvalue weighted by Gasteiger charge is -2.30. The Bertz CT molecular complexity index is 8220. The van der Waals surface area contributed by atoms with Gasteiger partial charge in [0.05, 0.1) is 108 Å². The summed E-state index contributed by atoms with van der Waals surface area (Å²) in [5.41, 5.74) is 31.9. The van der Waals surface area contributed by atoms with Crippen LogP contribution < -0.4 is 31.9 Å². The summed E-state index contributed by atoms with van der Waals surface area (Å²) in [5.74, 6) is 2.38. The van der Waals surface area contributed by atoms with E-state index in [0.717, 1.165) is 257 Å². The summed E-state index contributed by atoms with van der Waals surface area (Å²) in [6, 6.07) is 63.7. The van der Waals surface area contributed by atoms with E-state index in [1.165, 1.54) is 5.56 Å². The summed E-state index contributed by atoms with van der Waals surface area (Å²) in [5, 5.41) is 53.2. The van der Waals surface area contributed by atoms with Crippen molar-refractivity contribution in [2.24, 2.45) is 0 Å². The maximum atomic E-state index is 13.2. The lowest BCUT2D eigenvalue weighted by molar-refractivity contribution is -0.117. The molecule has 4 amide bonds. The number of aryl methyl sites for hydroxylation is 2. The number of H-pyrrole nitrogens is 8. The van der Waals surface area contributed by atoms with Gasteiger partial charge in [-0.25, -0.2) is 24.9 Å². The number of benzene rings is 7. The molecule has 22 aromatic rings. The number of nitrogens with one attached hydrogen (secondary N) is 14. The number of amides is 4. The molecular formula is C109H91N29O4. The van der Waals surface area contributed by atoms with Crippen LogP contribution in [0.25, 0.3) is 201 Å². The standard InChI is InChI=1S/C29H22N6O.C28H21N7O.2C26H24N8O/c36-26-9-2-5-17-4-1-6-19(12-17)22-7-3-8-25-27(22)33-29(32-25)28-23-14-18(10-11-24(23)34-35-28)20-13-21(31-26)16-30-15-20;36-24-6-2-4-16-3-1-5-18(11-16)25-27-23(9-10-30-25)32-28(33-27)26-21-13-17(7-8-22(21)34-35-26)19-12-20(31-24)15-29-14-19;35-26-18-2-1-3-20-23(18)32-25(31-20)24-19-9-21(29-13-22(19)33-34-24)15-8-14(10-27-12-15)11-28-16-4-6-17(30-26)7-5-16;35-26-18-2-1-3-20-22(18)32-25(31-20)24-23-21(33-34-24)9-8-19(30-23)15-10-14(11-27-13-15)12-28-16-4-6-17(29-26)7-5-16/h1,3-4,6-8,10-16H,2,5,9H2,(H,31,36)(H,32,33)(H,34,35);1,3,5,7-15H,2,4,6H2,(H,31,36)(H,32,33)(H,34,35);1-3,8-10,12-13,16-17,28H,4-7,11H2,(H,30,35)(H,31,32)(H,33,34);1-3,8-11,13,16-17,28H,4-7,12H2,(H,29,35)(H,31,32)(H,33,34). The monoisotopic (exact) mass is 1870 g/mol. The van der Waals surface area contributed by atoms with Gasteiger partial charge in [0.25, 0.3) is 11.8 Å². The maximum Gasteiger partial charge on any atom is 0.253 e. The van der Waals surface area contributed by atoms with Crippen LogP contribution in [-0.4, -0.2) is 163 Å². The Morgan fingerprint density at radius 2 is 0.704 bits per heavy atom. The highest BCUT2D eigenvalue weighted by molar-refractivity contribution is 6.09. The number of hydrogen-bond acceptors (Lipinski definition) is 21. The molecule has 0 spiro atoms. The van der Waals surface area contributed by atoms with Gasteiger partial charge in [-0.15, -0.1) is 0 Å². The molecule has 30 rings (SSSR count). The molecule has 8 aliphatic rings. The molecule has 0 saturated heterocycles. The average Bonchev–Trinajstić information content (AvgIpc) is 1.63. The Morgan fingerprint density at radius 3 is 1.27 bits per heavy atom. The van der Waals surface area contributed by atoms with Crippen molar-refractivity contribution in [2.75, 3.05) is 10.6 Å². The van der Waals surface area contributed by atoms with Crippen LogP contribution in [0.4, 0.5) is 11.4 Å². The van der Waals surface area contributed by atoms with E-state index in [4.69, 9.17) is 24.9 Å². The third-order valence-electron chi connectivity index (χ3n) is 27.7. The van der Waals surface area contributed by atoms with Gasteiger partial charge in [-0.2, -0.15) is 20.4 Å². The smallest absolute Gasteiger partial charge is 0.253 e. The van der Waals surface area contributed by atoms with E-state index in [1.807, 2.05) is 146 Å². The Labute approximate surface area is 808 Å². The SMILES string of the molecule is O=C1CCCc2cccc(c2)-c2cccc3[nH]c(nc23)-c2n[nH]c3ccc(cc23)-c2cncc(c2)N1.O=C1CCCc2cccc(c2)-c2nccc3[nH]c(nc23)-c2n[nH]c3ccc(cc23)-c2cncc(c2)N1.O=C1NC2CCC(CC2)NCc2cncc(c2)-c2cc3c(n[nH]c3cn2)-c2nc3c1cccc3[nH]2.O=C1NC2CCC(CC2)NCc2cncc(c2)-c2ccc3[nH]nc(c3n2)-c2nc3c1cccc3[nH]2. The van der Waals surface area contributed by atoms with Gasteiger partial charge in [0.2, 0.25) is 11.8 Å². The highest BCUT2D eigenvalue weighted by Gasteiger charge is 2.30. The first kappa shape index (κ1) is 85.8. The summed E-state index contributed by atoms with van der Waals surface area (Å²) in [6.07, 6.45) is 29.9. The predicted octanol–water partition coefficient (Wildman–Crippen LogP) is 19.0. The Kier molecular flexibility index (Phi) is 22.1. The Hall–Kier alpha value is -17.9. The fourth-order valence-electron chi connectivity index (χ4n) is 20.4. The second-order valence-corrected chi connectivity index (χ2v) is 37.1. The molecule has 21 heterocycles. The predicted molar refractivity (Wildman–Crippen MR) is 546 cm³/mol. The number of para-hydroxylation sites is 3. The molecule has 2 saturated carbocycles. The third kappa shape index (κ3) is 17.1. The number of carbonyl (C=O) groups excluding carboxylic acids is 4. The van der Waals surface area contributed by atoms with Crippen LogP contribution in [0.1, 0.15) is 120 Å². The second-order valence-electron chi connectivity index (χ2n) is 37.1. The van der Waals surface area contributed by atoms with Crippen molar-refractivity contribution in [1.29, 1.82) is 0 Å². The molecule has 33 nitrogen and oxygen atoms in total. The van der Waals surface area contributed by atoms with Gasteiger partial charge in [0.15, 0.2) is 29.0 Å². The van der Waals surface area contributed by atoms with Gasteiger partial charge in [-0.05, 0) is 225 Å². The fraction of sp³-hybridized carbons (Fsp3) is 0.183. The number of carbonyl (C=O) groups is 4. The lowest BCUT2D eigenvalue weighted by atomic mass is 9.90. The highest BCUT2D eigenvalue weighted by atomic mass is 16.2. The zero-order valence-corrected chi connectivity index (χ0v) is 76.6. The van der Waals surface area contributed by atoms with Gasteiger partial charge >= 0.3 is 0 Å². The van der Waals surface area contributed by atoms with Gasteiger partial charge in [0, 0.05) is 143 Å². The second kappa shape index (κ2) is 36.6. The minimum atomic E-state index is -0.0858. The van der Waals surface area contributed by atoms with Crippen molar-refractivity contribution < 1.29 is 19.2 Å². The molecule has 2 fully saturated rings. The largest absolute Gasteiger partial charge is 0.349 e. The van der Waals surface area contributed by atoms with E-state index in [-0.39, 0.29) is 35.7 Å². The molecule has 32 bridgehead atoms. The van der Waals surface area contributed by atoms with Crippen LogP contribution in [0.3, 0.4) is 0 Å². The minimum absolute atomic E-state index is 0.0101. The van der Waals surface area contributed by atoms with Crippen molar-refractivity contribution in [3.8, 4) is 113 Å². The highest BCUT2D eigenvalue weighted by Crippen LogP contribution is 2.40. The first-order valence-electron chi connectivity index (χ1n) is 48.0. The number of hydrogen-bond donors (Lipinski definition) is 14. The third-order valence-corrected chi connectivity index (χ3v) is 27.7. The fourth-order valence-corrected chi connectivity index (χ4v) is 20.4. The number of rotatable bonds is 0. The van der Waals surface area contributed by atoms with E-state index >= 15 is 0 Å². The molecule has 2 aliphatic carbocycles. The van der Waals surface area contributed by atoms with Crippen LogP contribution >= 0.6 is 0 Å². The number of imidazole rings is 4. The van der Waals surface area contributed by atoms with Crippen LogP contribution in [0, 0.1) is 0 Å². The van der Waals surface area contributed by atoms with E-state index in [0.29, 0.717) is 98.7 Å². The van der Waals surface area contributed by atoms with E-state index in [1.54, 1.807) is 37.2 Å². The molecule has 15 aromatic heterocycles. The lowest BCUT2D eigenvalue weighted by Crippen LogP contribution is -2.42.